The summed E-state index contributed by atoms with van der Waals surface area (Å²) >= 11 is 5.81. The predicted molar refractivity (Wildman–Crippen MR) is 118 cm³/mol. The van der Waals surface area contributed by atoms with E-state index in [2.05, 4.69) is 10.6 Å². The van der Waals surface area contributed by atoms with Gasteiger partial charge in [0.15, 0.2) is 0 Å². The number of fused-ring (bicyclic) bond motifs is 1. The number of rotatable bonds is 7. The van der Waals surface area contributed by atoms with E-state index in [0.29, 0.717) is 10.7 Å². The van der Waals surface area contributed by atoms with Crippen LogP contribution in [0.5, 0.6) is 0 Å². The number of anilines is 1. The number of likely N-dealkylation sites (N-methyl/N-ethyl adjacent to an activating group) is 1. The fraction of sp³-hybridized carbons (Fsp3) is 0.174. The highest BCUT2D eigenvalue weighted by molar-refractivity contribution is 6.30. The van der Waals surface area contributed by atoms with Crippen molar-refractivity contribution in [3.05, 3.63) is 77.3 Å². The summed E-state index contributed by atoms with van der Waals surface area (Å²) in [7, 11) is 1.51. The summed E-state index contributed by atoms with van der Waals surface area (Å²) in [6.07, 6.45) is 0.176. The number of benzene rings is 3. The van der Waals surface area contributed by atoms with Crippen LogP contribution in [0, 0.1) is 0 Å². The van der Waals surface area contributed by atoms with Crippen LogP contribution in [-0.4, -0.2) is 42.8 Å². The van der Waals surface area contributed by atoms with Crippen molar-refractivity contribution in [2.45, 2.75) is 6.42 Å². The highest BCUT2D eigenvalue weighted by Crippen LogP contribution is 2.18. The Kier molecular flexibility index (Phi) is 7.03. The molecule has 0 aliphatic carbocycles. The third-order valence-corrected chi connectivity index (χ3v) is 4.85. The van der Waals surface area contributed by atoms with Crippen LogP contribution in [0.25, 0.3) is 10.8 Å². The van der Waals surface area contributed by atoms with E-state index < -0.39 is 0 Å². The first kappa shape index (κ1) is 21.3. The molecule has 0 aliphatic rings. The lowest BCUT2D eigenvalue weighted by molar-refractivity contribution is -0.134. The standard InChI is InChI=1S/C23H22ClN3O3/c1-27(15-22(29)26-19-11-9-18(24)10-12-19)23(30)14-25-21(28)13-17-7-4-6-16-5-2-3-8-20(16)17/h2-12H,13-15H2,1H3,(H,25,28)(H,26,29). The molecule has 154 valence electrons. The van der Waals surface area contributed by atoms with Crippen molar-refractivity contribution >= 4 is 45.8 Å². The predicted octanol–water partition coefficient (Wildman–Crippen LogP) is 3.25. The molecule has 2 N–H and O–H groups in total. The molecule has 3 aromatic carbocycles. The van der Waals surface area contributed by atoms with Crippen LogP contribution in [0.4, 0.5) is 5.69 Å². The third kappa shape index (κ3) is 5.81. The minimum absolute atomic E-state index is 0.124. The summed E-state index contributed by atoms with van der Waals surface area (Å²) in [5.74, 6) is -0.943. The highest BCUT2D eigenvalue weighted by atomic mass is 35.5. The van der Waals surface area contributed by atoms with Gasteiger partial charge in [0.25, 0.3) is 0 Å². The molecule has 0 aliphatic heterocycles. The van der Waals surface area contributed by atoms with Gasteiger partial charge < -0.3 is 15.5 Å². The lowest BCUT2D eigenvalue weighted by Crippen LogP contribution is -2.41. The van der Waals surface area contributed by atoms with Crippen LogP contribution in [-0.2, 0) is 20.8 Å². The first-order chi connectivity index (χ1) is 14.4. The van der Waals surface area contributed by atoms with Gasteiger partial charge in [-0.05, 0) is 40.6 Å². The number of carbonyl (C=O) groups excluding carboxylic acids is 3. The number of amides is 3. The number of carbonyl (C=O) groups is 3. The van der Waals surface area contributed by atoms with E-state index in [0.717, 1.165) is 16.3 Å². The van der Waals surface area contributed by atoms with Crippen LogP contribution in [0.1, 0.15) is 5.56 Å². The Bertz CT molecular complexity index is 1060. The van der Waals surface area contributed by atoms with Gasteiger partial charge in [-0.3, -0.25) is 14.4 Å². The van der Waals surface area contributed by atoms with Gasteiger partial charge in [-0.15, -0.1) is 0 Å². The van der Waals surface area contributed by atoms with Gasteiger partial charge in [-0.2, -0.15) is 0 Å². The van der Waals surface area contributed by atoms with Gasteiger partial charge in [0.1, 0.15) is 0 Å². The van der Waals surface area contributed by atoms with Gasteiger partial charge >= 0.3 is 0 Å². The van der Waals surface area contributed by atoms with E-state index in [1.807, 2.05) is 42.5 Å². The average molecular weight is 424 g/mol. The summed E-state index contributed by atoms with van der Waals surface area (Å²) in [5, 5.41) is 7.96. The summed E-state index contributed by atoms with van der Waals surface area (Å²) in [5.41, 5.74) is 1.49. The number of nitrogens with one attached hydrogen (secondary N) is 2. The summed E-state index contributed by atoms with van der Waals surface area (Å²) in [4.78, 5) is 37.9. The second-order valence-corrected chi connectivity index (χ2v) is 7.33. The molecule has 0 aromatic heterocycles. The number of nitrogens with zero attached hydrogens (tertiary/aromatic N) is 1. The molecule has 0 spiro atoms. The Morgan fingerprint density at radius 3 is 2.37 bits per heavy atom. The molecule has 3 aromatic rings. The van der Waals surface area contributed by atoms with Crippen LogP contribution < -0.4 is 10.6 Å². The van der Waals surface area contributed by atoms with Crippen molar-refractivity contribution in [2.75, 3.05) is 25.5 Å². The van der Waals surface area contributed by atoms with Gasteiger partial charge in [-0.25, -0.2) is 0 Å². The molecule has 0 bridgehead atoms. The zero-order chi connectivity index (χ0) is 21.5. The maximum absolute atomic E-state index is 12.3. The molecule has 3 amide bonds. The Morgan fingerprint density at radius 1 is 0.900 bits per heavy atom. The lowest BCUT2D eigenvalue weighted by Gasteiger charge is -2.17. The number of hydrogen-bond acceptors (Lipinski definition) is 3. The zero-order valence-corrected chi connectivity index (χ0v) is 17.3. The Hall–Kier alpha value is -3.38. The van der Waals surface area contributed by atoms with E-state index in [1.165, 1.54) is 11.9 Å². The zero-order valence-electron chi connectivity index (χ0n) is 16.5. The molecule has 3 rings (SSSR count). The molecule has 7 heteroatoms. The van der Waals surface area contributed by atoms with Crippen molar-refractivity contribution in [1.82, 2.24) is 10.2 Å². The van der Waals surface area contributed by atoms with Gasteiger partial charge in [0.05, 0.1) is 19.5 Å². The Morgan fingerprint density at radius 2 is 1.60 bits per heavy atom. The molecule has 0 unspecified atom stereocenters. The van der Waals surface area contributed by atoms with E-state index in [4.69, 9.17) is 11.6 Å². The van der Waals surface area contributed by atoms with Crippen molar-refractivity contribution in [2.24, 2.45) is 0 Å². The van der Waals surface area contributed by atoms with Crippen LogP contribution >= 0.6 is 11.6 Å². The molecule has 0 fully saturated rings. The van der Waals surface area contributed by atoms with E-state index in [1.54, 1.807) is 24.3 Å². The van der Waals surface area contributed by atoms with Crippen LogP contribution in [0.15, 0.2) is 66.7 Å². The van der Waals surface area contributed by atoms with Gasteiger partial charge in [-0.1, -0.05) is 54.1 Å². The fourth-order valence-electron chi connectivity index (χ4n) is 3.03. The summed E-state index contributed by atoms with van der Waals surface area (Å²) in [6.45, 7) is -0.297. The number of hydrogen-bond donors (Lipinski definition) is 2. The highest BCUT2D eigenvalue weighted by Gasteiger charge is 2.15. The topological polar surface area (TPSA) is 78.5 Å². The maximum Gasteiger partial charge on any atom is 0.243 e. The number of halogens is 1. The van der Waals surface area contributed by atoms with E-state index in [9.17, 15) is 14.4 Å². The van der Waals surface area contributed by atoms with Crippen molar-refractivity contribution in [3.8, 4) is 0 Å². The van der Waals surface area contributed by atoms with E-state index in [-0.39, 0.29) is 37.2 Å². The van der Waals surface area contributed by atoms with Crippen molar-refractivity contribution in [1.29, 1.82) is 0 Å². The molecule has 0 saturated heterocycles. The molecule has 30 heavy (non-hydrogen) atoms. The lowest BCUT2D eigenvalue weighted by atomic mass is 10.0. The first-order valence-corrected chi connectivity index (χ1v) is 9.83. The summed E-state index contributed by atoms with van der Waals surface area (Å²) in [6, 6.07) is 20.3. The van der Waals surface area contributed by atoms with Crippen LogP contribution in [0.3, 0.4) is 0 Å². The molecule has 6 nitrogen and oxygen atoms in total. The SMILES string of the molecule is CN(CC(=O)Nc1ccc(Cl)cc1)C(=O)CNC(=O)Cc1cccc2ccccc12. The van der Waals surface area contributed by atoms with Gasteiger partial charge in [0.2, 0.25) is 17.7 Å². The monoisotopic (exact) mass is 423 g/mol. The smallest absolute Gasteiger partial charge is 0.243 e. The summed E-state index contributed by atoms with van der Waals surface area (Å²) < 4.78 is 0. The molecular weight excluding hydrogens is 402 g/mol. The molecular formula is C23H22ClN3O3. The van der Waals surface area contributed by atoms with E-state index >= 15 is 0 Å². The molecule has 0 heterocycles. The minimum atomic E-state index is -0.354. The average Bonchev–Trinajstić information content (AvgIpc) is 2.74. The van der Waals surface area contributed by atoms with Crippen molar-refractivity contribution < 1.29 is 14.4 Å². The fourth-order valence-corrected chi connectivity index (χ4v) is 3.15. The van der Waals surface area contributed by atoms with Crippen LogP contribution in [0.2, 0.25) is 5.02 Å². The third-order valence-electron chi connectivity index (χ3n) is 4.60. The quantitative estimate of drug-likeness (QED) is 0.612. The second kappa shape index (κ2) is 9.89. The molecule has 0 radical (unpaired) electrons. The normalized spacial score (nSPS) is 10.5. The first-order valence-electron chi connectivity index (χ1n) is 9.45. The molecule has 0 atom stereocenters. The Balaban J connectivity index is 1.47. The second-order valence-electron chi connectivity index (χ2n) is 6.90. The maximum atomic E-state index is 12.3. The minimum Gasteiger partial charge on any atom is -0.347 e. The Labute approximate surface area is 179 Å². The van der Waals surface area contributed by atoms with Gasteiger partial charge in [0, 0.05) is 17.8 Å². The largest absolute Gasteiger partial charge is 0.347 e. The molecule has 0 saturated carbocycles. The van der Waals surface area contributed by atoms with Crippen molar-refractivity contribution in [3.63, 3.8) is 0 Å².